The largest absolute Gasteiger partial charge is 0.456 e. The Bertz CT molecular complexity index is 4670. The van der Waals surface area contributed by atoms with Crippen molar-refractivity contribution >= 4 is 76.5 Å². The van der Waals surface area contributed by atoms with Gasteiger partial charge in [-0.3, -0.25) is 0 Å². The number of aromatic nitrogens is 4. The van der Waals surface area contributed by atoms with Gasteiger partial charge in [-0.2, -0.15) is 0 Å². The van der Waals surface area contributed by atoms with Crippen LogP contribution in [0.1, 0.15) is 0 Å². The first-order valence-corrected chi connectivity index (χ1v) is 24.6. The average Bonchev–Trinajstić information content (AvgIpc) is 4.14. The molecule has 0 atom stereocenters. The van der Waals surface area contributed by atoms with Crippen LogP contribution in [-0.2, 0) is 0 Å². The van der Waals surface area contributed by atoms with Crippen molar-refractivity contribution in [1.29, 1.82) is 0 Å². The minimum absolute atomic E-state index is 0.542. The monoisotopic (exact) mass is 932 g/mol. The molecule has 0 bridgehead atoms. The Morgan fingerprint density at radius 2 is 0.822 bits per heavy atom. The van der Waals surface area contributed by atoms with E-state index in [9.17, 15) is 0 Å². The van der Waals surface area contributed by atoms with E-state index < -0.39 is 0 Å². The molecule has 0 aliphatic carbocycles. The van der Waals surface area contributed by atoms with E-state index in [0.29, 0.717) is 17.5 Å². The van der Waals surface area contributed by atoms with Crippen molar-refractivity contribution in [3.8, 4) is 73.2 Å². The number of hydrogen-bond acceptors (Lipinski definition) is 5. The molecule has 15 rings (SSSR count). The predicted molar refractivity (Wildman–Crippen MR) is 299 cm³/mol. The van der Waals surface area contributed by atoms with Gasteiger partial charge in [0.05, 0.1) is 16.7 Å². The SMILES string of the molecule is c1ccc(-c2nc(-c3cccc4oc5ccccc5c34)nc(-c3cccc4oc5cc(-n6c7ccccc7c7cc8ccccc8cc76)c(-c6ccc(-c7ccccc7)c(-c7ccccc7)c6)cc5c34)n2)cc1. The fourth-order valence-corrected chi connectivity index (χ4v) is 11.1. The molecule has 0 radical (unpaired) electrons. The van der Waals surface area contributed by atoms with E-state index in [4.69, 9.17) is 23.8 Å². The van der Waals surface area contributed by atoms with Gasteiger partial charge in [-0.05, 0) is 87.1 Å². The number of rotatable bonds is 7. The summed E-state index contributed by atoms with van der Waals surface area (Å²) >= 11 is 0. The topological polar surface area (TPSA) is 69.9 Å². The second-order valence-electron chi connectivity index (χ2n) is 18.7. The van der Waals surface area contributed by atoms with Gasteiger partial charge in [-0.25, -0.2) is 15.0 Å². The zero-order valence-electron chi connectivity index (χ0n) is 39.2. The van der Waals surface area contributed by atoms with Gasteiger partial charge in [0.1, 0.15) is 22.3 Å². The molecule has 0 amide bonds. The minimum Gasteiger partial charge on any atom is -0.456 e. The number of benzene rings is 11. The van der Waals surface area contributed by atoms with Crippen molar-refractivity contribution in [2.45, 2.75) is 0 Å². The summed E-state index contributed by atoms with van der Waals surface area (Å²) < 4.78 is 15.8. The molecule has 0 saturated carbocycles. The van der Waals surface area contributed by atoms with Crippen LogP contribution in [0.5, 0.6) is 0 Å². The van der Waals surface area contributed by atoms with Crippen LogP contribution in [0.4, 0.5) is 0 Å². The Hall–Kier alpha value is -9.91. The average molecular weight is 933 g/mol. The first-order valence-electron chi connectivity index (χ1n) is 24.6. The summed E-state index contributed by atoms with van der Waals surface area (Å²) in [5, 5.41) is 8.60. The molecule has 4 aromatic heterocycles. The standard InChI is InChI=1S/C67H40N4O2/c1-4-18-41(19-5-1)47-35-34-46(37-52(47)42-20-6-2-7-21-42)53-39-55-62(40-58(53)71-56-30-14-12-26-48(56)54-36-44-24-10-11-25-45(44)38-57(54)71)73-61-33-17-29-51(64(55)61)67-69-65(43-22-8-3-9-23-43)68-66(70-67)50-28-16-32-60-63(50)49-27-13-15-31-59(49)72-60/h1-40H. The molecule has 0 unspecified atom stereocenters. The molecule has 6 nitrogen and oxygen atoms in total. The van der Waals surface area contributed by atoms with Gasteiger partial charge in [0.25, 0.3) is 0 Å². The Balaban J connectivity index is 1.03. The Morgan fingerprint density at radius 1 is 0.274 bits per heavy atom. The van der Waals surface area contributed by atoms with E-state index >= 15 is 0 Å². The van der Waals surface area contributed by atoms with Crippen molar-refractivity contribution in [3.05, 3.63) is 243 Å². The molecular formula is C67H40N4O2. The second kappa shape index (κ2) is 16.3. The number of fused-ring (bicyclic) bond motifs is 10. The highest BCUT2D eigenvalue weighted by atomic mass is 16.3. The van der Waals surface area contributed by atoms with Gasteiger partial charge < -0.3 is 13.4 Å². The lowest BCUT2D eigenvalue weighted by atomic mass is 9.90. The molecule has 6 heteroatoms. The van der Waals surface area contributed by atoms with Crippen LogP contribution in [0.15, 0.2) is 251 Å². The lowest BCUT2D eigenvalue weighted by Gasteiger charge is -2.17. The summed E-state index contributed by atoms with van der Waals surface area (Å²) in [6.07, 6.45) is 0. The highest BCUT2D eigenvalue weighted by molar-refractivity contribution is 6.17. The molecule has 0 aliphatic heterocycles. The van der Waals surface area contributed by atoms with E-state index in [2.05, 4.69) is 174 Å². The van der Waals surface area contributed by atoms with Crippen LogP contribution in [0, 0.1) is 0 Å². The van der Waals surface area contributed by atoms with Crippen LogP contribution < -0.4 is 0 Å². The lowest BCUT2D eigenvalue weighted by molar-refractivity contribution is 0.668. The van der Waals surface area contributed by atoms with Gasteiger partial charge in [-0.15, -0.1) is 0 Å². The number of para-hydroxylation sites is 2. The van der Waals surface area contributed by atoms with Crippen molar-refractivity contribution in [1.82, 2.24) is 19.5 Å². The van der Waals surface area contributed by atoms with Crippen LogP contribution in [0.2, 0.25) is 0 Å². The lowest BCUT2D eigenvalue weighted by Crippen LogP contribution is -2.01. The van der Waals surface area contributed by atoms with Crippen LogP contribution in [0.25, 0.3) is 150 Å². The highest BCUT2D eigenvalue weighted by Crippen LogP contribution is 2.46. The molecule has 0 spiro atoms. The summed E-state index contributed by atoms with van der Waals surface area (Å²) in [6.45, 7) is 0. The van der Waals surface area contributed by atoms with Gasteiger partial charge in [-0.1, -0.05) is 188 Å². The minimum atomic E-state index is 0.542. The van der Waals surface area contributed by atoms with E-state index in [1.807, 2.05) is 72.8 Å². The quantitative estimate of drug-likeness (QED) is 0.159. The van der Waals surface area contributed by atoms with Gasteiger partial charge in [0, 0.05) is 60.6 Å². The summed E-state index contributed by atoms with van der Waals surface area (Å²) in [4.78, 5) is 15.9. The van der Waals surface area contributed by atoms with E-state index in [0.717, 1.165) is 111 Å². The summed E-state index contributed by atoms with van der Waals surface area (Å²) in [6, 6.07) is 85.4. The zero-order valence-corrected chi connectivity index (χ0v) is 39.2. The first kappa shape index (κ1) is 40.9. The summed E-state index contributed by atoms with van der Waals surface area (Å²) in [5.74, 6) is 1.67. The smallest absolute Gasteiger partial charge is 0.164 e. The van der Waals surface area contributed by atoms with Crippen molar-refractivity contribution in [2.75, 3.05) is 0 Å². The van der Waals surface area contributed by atoms with Crippen molar-refractivity contribution in [3.63, 3.8) is 0 Å². The predicted octanol–water partition coefficient (Wildman–Crippen LogP) is 17.9. The summed E-state index contributed by atoms with van der Waals surface area (Å²) in [5.41, 5.74) is 15.7. The summed E-state index contributed by atoms with van der Waals surface area (Å²) in [7, 11) is 0. The van der Waals surface area contributed by atoms with Crippen LogP contribution in [0.3, 0.4) is 0 Å². The molecule has 0 N–H and O–H groups in total. The third kappa shape index (κ3) is 6.62. The maximum absolute atomic E-state index is 7.04. The number of nitrogens with zero attached hydrogens (tertiary/aromatic N) is 4. The number of furan rings is 2. The normalized spacial score (nSPS) is 11.8. The van der Waals surface area contributed by atoms with Gasteiger partial charge >= 0.3 is 0 Å². The molecule has 0 aliphatic rings. The molecule has 15 aromatic rings. The first-order chi connectivity index (χ1) is 36.2. The Morgan fingerprint density at radius 3 is 1.53 bits per heavy atom. The van der Waals surface area contributed by atoms with E-state index in [-0.39, 0.29) is 0 Å². The molecule has 11 aromatic carbocycles. The van der Waals surface area contributed by atoms with E-state index in [1.54, 1.807) is 0 Å². The highest BCUT2D eigenvalue weighted by Gasteiger charge is 2.24. The Labute approximate surface area is 418 Å². The Kier molecular flexibility index (Phi) is 9.16. The van der Waals surface area contributed by atoms with Crippen LogP contribution in [-0.4, -0.2) is 19.5 Å². The molecule has 0 saturated heterocycles. The van der Waals surface area contributed by atoms with Crippen molar-refractivity contribution in [2.24, 2.45) is 0 Å². The molecule has 4 heterocycles. The van der Waals surface area contributed by atoms with Crippen LogP contribution >= 0.6 is 0 Å². The molecule has 340 valence electrons. The maximum Gasteiger partial charge on any atom is 0.164 e. The number of hydrogen-bond donors (Lipinski definition) is 0. The fourth-order valence-electron chi connectivity index (χ4n) is 11.1. The molecule has 73 heavy (non-hydrogen) atoms. The fraction of sp³-hybridized carbons (Fsp3) is 0. The van der Waals surface area contributed by atoms with Gasteiger partial charge in [0.15, 0.2) is 17.5 Å². The molecule has 0 fully saturated rings. The zero-order chi connectivity index (χ0) is 48.0. The third-order valence-corrected chi connectivity index (χ3v) is 14.4. The van der Waals surface area contributed by atoms with E-state index in [1.165, 1.54) is 21.5 Å². The molecular weight excluding hydrogens is 893 g/mol. The van der Waals surface area contributed by atoms with Gasteiger partial charge in [0.2, 0.25) is 0 Å². The third-order valence-electron chi connectivity index (χ3n) is 14.4. The maximum atomic E-state index is 7.04. The van der Waals surface area contributed by atoms with Crippen molar-refractivity contribution < 1.29 is 8.83 Å². The second-order valence-corrected chi connectivity index (χ2v) is 18.7.